The minimum absolute atomic E-state index is 0.0590. The summed E-state index contributed by atoms with van der Waals surface area (Å²) in [6, 6.07) is 13.4. The fourth-order valence-electron chi connectivity index (χ4n) is 5.81. The van der Waals surface area contributed by atoms with Gasteiger partial charge in [0.2, 0.25) is 0 Å². The van der Waals surface area contributed by atoms with Crippen LogP contribution >= 0.6 is 0 Å². The SMILES string of the molecule is COc1ccc(/C(=C2/N=C(C)C(C(=O)Oc3ccccc3C(F)(F)F)=C2C)c2[nH]c(C)c(C(=O)Oc3ccccc3C(F)(F)F)c2C)c(OC)c1. The van der Waals surface area contributed by atoms with Crippen molar-refractivity contribution in [2.45, 2.75) is 40.0 Å². The van der Waals surface area contributed by atoms with Gasteiger partial charge in [-0.3, -0.25) is 4.99 Å². The fourth-order valence-corrected chi connectivity index (χ4v) is 5.81. The Balaban J connectivity index is 1.69. The van der Waals surface area contributed by atoms with E-state index in [-0.39, 0.29) is 50.8 Å². The number of alkyl halides is 6. The van der Waals surface area contributed by atoms with Gasteiger partial charge in [-0.25, -0.2) is 9.59 Å². The molecule has 0 amide bonds. The van der Waals surface area contributed by atoms with E-state index in [1.165, 1.54) is 59.3 Å². The second-order valence-electron chi connectivity index (χ2n) is 11.4. The number of nitrogens with zero attached hydrogens (tertiary/aromatic N) is 1. The molecule has 0 unspecified atom stereocenters. The zero-order chi connectivity index (χ0) is 37.4. The van der Waals surface area contributed by atoms with Crippen LogP contribution in [0.5, 0.6) is 23.0 Å². The maximum atomic E-state index is 13.7. The van der Waals surface area contributed by atoms with Gasteiger partial charge < -0.3 is 23.9 Å². The van der Waals surface area contributed by atoms with Crippen LogP contribution in [0, 0.1) is 13.8 Å². The van der Waals surface area contributed by atoms with Crippen molar-refractivity contribution in [1.82, 2.24) is 4.98 Å². The predicted octanol–water partition coefficient (Wildman–Crippen LogP) is 9.06. The number of methoxy groups -OCH3 is 2. The molecule has 0 saturated carbocycles. The summed E-state index contributed by atoms with van der Waals surface area (Å²) in [7, 11) is 2.86. The Labute approximate surface area is 288 Å². The van der Waals surface area contributed by atoms with E-state index >= 15 is 0 Å². The number of esters is 2. The van der Waals surface area contributed by atoms with E-state index < -0.39 is 46.9 Å². The number of carbonyl (C=O) groups is 2. The van der Waals surface area contributed by atoms with E-state index in [1.807, 2.05) is 0 Å². The van der Waals surface area contributed by atoms with Crippen LogP contribution in [0.25, 0.3) is 5.57 Å². The number of aromatic nitrogens is 1. The molecule has 0 fully saturated rings. The number of aromatic amines is 1. The van der Waals surface area contributed by atoms with Crippen LogP contribution in [0.15, 0.2) is 88.6 Å². The molecule has 0 radical (unpaired) electrons. The van der Waals surface area contributed by atoms with E-state index in [2.05, 4.69) is 9.98 Å². The topological polar surface area (TPSA) is 99.2 Å². The lowest BCUT2D eigenvalue weighted by Gasteiger charge is -2.17. The number of ether oxygens (including phenoxy) is 4. The minimum atomic E-state index is -4.79. The molecule has 0 saturated heterocycles. The first kappa shape index (κ1) is 36.5. The van der Waals surface area contributed by atoms with Gasteiger partial charge in [0.1, 0.15) is 23.0 Å². The summed E-state index contributed by atoms with van der Waals surface area (Å²) < 4.78 is 104. The van der Waals surface area contributed by atoms with Gasteiger partial charge in [-0.2, -0.15) is 26.3 Å². The average Bonchev–Trinajstić information content (AvgIpc) is 3.53. The molecule has 51 heavy (non-hydrogen) atoms. The molecular formula is C37H30F6N2O6. The summed E-state index contributed by atoms with van der Waals surface area (Å²) in [4.78, 5) is 34.8. The minimum Gasteiger partial charge on any atom is -0.497 e. The molecule has 1 aromatic heterocycles. The highest BCUT2D eigenvalue weighted by Gasteiger charge is 2.38. The summed E-state index contributed by atoms with van der Waals surface area (Å²) in [6.07, 6.45) is -9.58. The standard InChI is InChI=1S/C37H30F6N2O6/c1-18-29(34(46)50-26-13-9-7-11-24(26)36(38,39)40)20(3)44-32(18)31(23-16-15-22(48-5)17-28(23)49-6)33-19(2)30(21(4)45-33)35(47)51-27-14-10-8-12-25(27)37(41,42)43/h7-17,44H,1-6H3/b33-31-. The number of aryl methyl sites for hydroxylation is 1. The van der Waals surface area contributed by atoms with Crippen molar-refractivity contribution < 1.29 is 54.9 Å². The van der Waals surface area contributed by atoms with Gasteiger partial charge in [-0.05, 0) is 75.2 Å². The summed E-state index contributed by atoms with van der Waals surface area (Å²) in [5.74, 6) is -2.82. The number of carbonyl (C=O) groups excluding carboxylic acids is 2. The number of aliphatic imine (C=N–C) groups is 1. The lowest BCUT2D eigenvalue weighted by molar-refractivity contribution is -0.141. The Morgan fingerprint density at radius 2 is 1.25 bits per heavy atom. The zero-order valence-corrected chi connectivity index (χ0v) is 28.0. The number of H-pyrrole nitrogens is 1. The number of hydrogen-bond acceptors (Lipinski definition) is 7. The average molecular weight is 713 g/mol. The van der Waals surface area contributed by atoms with Gasteiger partial charge in [0, 0.05) is 22.9 Å². The molecule has 1 aliphatic heterocycles. The van der Waals surface area contributed by atoms with Crippen LogP contribution in [0.2, 0.25) is 0 Å². The van der Waals surface area contributed by atoms with E-state index in [0.717, 1.165) is 24.3 Å². The summed E-state index contributed by atoms with van der Waals surface area (Å²) in [5.41, 5.74) is -0.433. The molecule has 0 aliphatic carbocycles. The van der Waals surface area contributed by atoms with Gasteiger partial charge >= 0.3 is 24.3 Å². The maximum Gasteiger partial charge on any atom is 0.419 e. The Morgan fingerprint density at radius 1 is 0.706 bits per heavy atom. The van der Waals surface area contributed by atoms with Crippen molar-refractivity contribution in [2.75, 3.05) is 14.2 Å². The van der Waals surface area contributed by atoms with Crippen molar-refractivity contribution in [3.63, 3.8) is 0 Å². The van der Waals surface area contributed by atoms with Crippen LogP contribution in [0.1, 0.15) is 57.8 Å². The number of halogens is 6. The Morgan fingerprint density at radius 3 is 1.78 bits per heavy atom. The first-order valence-corrected chi connectivity index (χ1v) is 15.2. The zero-order valence-electron chi connectivity index (χ0n) is 28.0. The fraction of sp³-hybridized carbons (Fsp3) is 0.216. The number of rotatable bonds is 8. The third-order valence-corrected chi connectivity index (χ3v) is 8.17. The number of nitrogens with one attached hydrogen (secondary N) is 1. The van der Waals surface area contributed by atoms with Crippen molar-refractivity contribution in [1.29, 1.82) is 0 Å². The van der Waals surface area contributed by atoms with Gasteiger partial charge in [0.05, 0.1) is 53.6 Å². The molecular weight excluding hydrogens is 682 g/mol. The highest BCUT2D eigenvalue weighted by atomic mass is 19.4. The van der Waals surface area contributed by atoms with Crippen molar-refractivity contribution in [2.24, 2.45) is 4.99 Å². The Bertz CT molecular complexity index is 2140. The molecule has 0 bridgehead atoms. The molecule has 1 N–H and O–H groups in total. The third kappa shape index (κ3) is 7.12. The molecule has 5 rings (SSSR count). The van der Waals surface area contributed by atoms with E-state index in [0.29, 0.717) is 16.9 Å². The van der Waals surface area contributed by atoms with Gasteiger partial charge in [-0.1, -0.05) is 24.3 Å². The number of para-hydroxylation sites is 2. The van der Waals surface area contributed by atoms with Crippen LogP contribution in [0.4, 0.5) is 26.3 Å². The van der Waals surface area contributed by atoms with Crippen molar-refractivity contribution in [3.05, 3.63) is 123 Å². The predicted molar refractivity (Wildman–Crippen MR) is 175 cm³/mol. The van der Waals surface area contributed by atoms with Gasteiger partial charge in [0.15, 0.2) is 0 Å². The molecule has 0 atom stereocenters. The van der Waals surface area contributed by atoms with Crippen molar-refractivity contribution in [3.8, 4) is 23.0 Å². The van der Waals surface area contributed by atoms with Gasteiger partial charge in [-0.15, -0.1) is 0 Å². The maximum absolute atomic E-state index is 13.7. The molecule has 4 aromatic rings. The molecule has 1 aliphatic rings. The first-order chi connectivity index (χ1) is 24.0. The molecule has 266 valence electrons. The summed E-state index contributed by atoms with van der Waals surface area (Å²) in [6.45, 7) is 6.10. The molecule has 8 nitrogen and oxygen atoms in total. The van der Waals surface area contributed by atoms with Crippen LogP contribution < -0.4 is 18.9 Å². The quantitative estimate of drug-likeness (QED) is 0.111. The monoisotopic (exact) mass is 712 g/mol. The van der Waals surface area contributed by atoms with E-state index in [1.54, 1.807) is 25.1 Å². The first-order valence-electron chi connectivity index (χ1n) is 15.2. The molecule has 0 spiro atoms. The van der Waals surface area contributed by atoms with Crippen LogP contribution in [0.3, 0.4) is 0 Å². The Hall–Kier alpha value is -5.79. The smallest absolute Gasteiger partial charge is 0.419 e. The number of hydrogen-bond donors (Lipinski definition) is 1. The van der Waals surface area contributed by atoms with E-state index in [9.17, 15) is 35.9 Å². The largest absolute Gasteiger partial charge is 0.497 e. The second-order valence-corrected chi connectivity index (χ2v) is 11.4. The highest BCUT2D eigenvalue weighted by Crippen LogP contribution is 2.44. The third-order valence-electron chi connectivity index (χ3n) is 8.17. The summed E-state index contributed by atoms with van der Waals surface area (Å²) in [5, 5.41) is 0. The van der Waals surface area contributed by atoms with Crippen LogP contribution in [-0.4, -0.2) is 36.9 Å². The molecule has 2 heterocycles. The lowest BCUT2D eigenvalue weighted by atomic mass is 9.93. The molecule has 14 heteroatoms. The summed E-state index contributed by atoms with van der Waals surface area (Å²) >= 11 is 0. The highest BCUT2D eigenvalue weighted by molar-refractivity contribution is 6.23. The Kier molecular flexibility index (Phi) is 9.91. The van der Waals surface area contributed by atoms with Crippen LogP contribution in [-0.2, 0) is 17.1 Å². The van der Waals surface area contributed by atoms with Gasteiger partial charge in [0.25, 0.3) is 0 Å². The van der Waals surface area contributed by atoms with E-state index in [4.69, 9.17) is 18.9 Å². The molecule has 3 aromatic carbocycles. The number of allylic oxidation sites excluding steroid dienone is 1. The number of benzene rings is 3. The second kappa shape index (κ2) is 13.8. The lowest BCUT2D eigenvalue weighted by Crippen LogP contribution is -2.18. The normalized spacial score (nSPS) is 14.3. The van der Waals surface area contributed by atoms with Crippen molar-refractivity contribution >= 4 is 23.2 Å².